The zero-order chi connectivity index (χ0) is 24.5. The van der Waals surface area contributed by atoms with Crippen LogP contribution in [0.2, 0.25) is 0 Å². The van der Waals surface area contributed by atoms with Gasteiger partial charge in [0.2, 0.25) is 5.91 Å². The number of benzene rings is 2. The maximum atomic E-state index is 13.3. The highest BCUT2D eigenvalue weighted by Gasteiger charge is 2.36. The Morgan fingerprint density at radius 3 is 2.53 bits per heavy atom. The fourth-order valence-corrected chi connectivity index (χ4v) is 7.08. The molecule has 34 heavy (non-hydrogen) atoms. The first kappa shape index (κ1) is 24.0. The number of carbonyl (C=O) groups is 2. The van der Waals surface area contributed by atoms with Crippen LogP contribution in [0.3, 0.4) is 0 Å². The number of fused-ring (bicyclic) bond motifs is 1. The van der Waals surface area contributed by atoms with Crippen LogP contribution in [-0.2, 0) is 32.5 Å². The molecular weight excluding hydrogens is 472 g/mol. The van der Waals surface area contributed by atoms with Gasteiger partial charge in [-0.15, -0.1) is 11.3 Å². The van der Waals surface area contributed by atoms with Crippen LogP contribution < -0.4 is 4.72 Å². The lowest BCUT2D eigenvalue weighted by Crippen LogP contribution is -2.38. The van der Waals surface area contributed by atoms with Crippen molar-refractivity contribution in [1.82, 2.24) is 4.90 Å². The lowest BCUT2D eigenvalue weighted by Gasteiger charge is -2.29. The second-order valence-corrected chi connectivity index (χ2v) is 11.3. The molecule has 0 fully saturated rings. The summed E-state index contributed by atoms with van der Waals surface area (Å²) in [5.41, 5.74) is 2.94. The largest absolute Gasteiger partial charge is 0.465 e. The first-order chi connectivity index (χ1) is 16.2. The maximum Gasteiger partial charge on any atom is 0.340 e. The Kier molecular flexibility index (Phi) is 6.77. The van der Waals surface area contributed by atoms with Crippen molar-refractivity contribution in [3.63, 3.8) is 0 Å². The summed E-state index contributed by atoms with van der Waals surface area (Å²) in [6.07, 6.45) is 0.378. The van der Waals surface area contributed by atoms with Crippen molar-refractivity contribution in [2.75, 3.05) is 18.4 Å². The minimum Gasteiger partial charge on any atom is -0.465 e. The van der Waals surface area contributed by atoms with Crippen LogP contribution in [0.15, 0.2) is 58.8 Å². The van der Waals surface area contributed by atoms with Gasteiger partial charge < -0.3 is 9.64 Å². The zero-order valence-corrected chi connectivity index (χ0v) is 20.8. The molecular formula is C25H26N2O5S2. The van der Waals surface area contributed by atoms with E-state index in [2.05, 4.69) is 4.72 Å². The Labute approximate surface area is 203 Å². The van der Waals surface area contributed by atoms with E-state index in [0.29, 0.717) is 29.1 Å². The summed E-state index contributed by atoms with van der Waals surface area (Å²) in [7, 11) is -2.81. The molecule has 2 aromatic carbocycles. The highest BCUT2D eigenvalue weighted by molar-refractivity contribution is 7.94. The van der Waals surface area contributed by atoms with Gasteiger partial charge in [0.25, 0.3) is 10.0 Å². The molecule has 0 saturated carbocycles. The lowest BCUT2D eigenvalue weighted by atomic mass is 9.97. The SMILES string of the molecule is COC(=O)c1c(S(=O)(=O)Nc2cccc(C)c2)sc2c1CCN(C(=O)C(C)c1ccccc1)C2. The summed E-state index contributed by atoms with van der Waals surface area (Å²) in [5.74, 6) is -1.05. The molecule has 1 aliphatic rings. The molecule has 178 valence electrons. The molecule has 4 rings (SSSR count). The van der Waals surface area contributed by atoms with Gasteiger partial charge in [0.1, 0.15) is 0 Å². The average Bonchev–Trinajstić information content (AvgIpc) is 3.23. The minimum atomic E-state index is -4.04. The first-order valence-corrected chi connectivity index (χ1v) is 13.2. The molecule has 1 aliphatic heterocycles. The molecule has 0 bridgehead atoms. The predicted molar refractivity (Wildman–Crippen MR) is 132 cm³/mol. The van der Waals surface area contributed by atoms with E-state index in [0.717, 1.165) is 22.5 Å². The molecule has 1 unspecified atom stereocenters. The normalized spacial score (nSPS) is 14.3. The van der Waals surface area contributed by atoms with Crippen LogP contribution in [0.25, 0.3) is 0 Å². The summed E-state index contributed by atoms with van der Waals surface area (Å²) in [6, 6.07) is 16.5. The van der Waals surface area contributed by atoms with Crippen LogP contribution in [-0.4, -0.2) is 38.8 Å². The van der Waals surface area contributed by atoms with Gasteiger partial charge in [0, 0.05) is 17.1 Å². The van der Waals surface area contributed by atoms with Crippen LogP contribution >= 0.6 is 11.3 Å². The molecule has 2 heterocycles. The Hall–Kier alpha value is -3.17. The number of hydrogen-bond donors (Lipinski definition) is 1. The molecule has 1 N–H and O–H groups in total. The third-order valence-electron chi connectivity index (χ3n) is 5.91. The molecule has 0 spiro atoms. The van der Waals surface area contributed by atoms with Crippen molar-refractivity contribution in [1.29, 1.82) is 0 Å². The van der Waals surface area contributed by atoms with Crippen molar-refractivity contribution in [2.45, 2.75) is 36.9 Å². The lowest BCUT2D eigenvalue weighted by molar-refractivity contribution is -0.133. The van der Waals surface area contributed by atoms with E-state index >= 15 is 0 Å². The van der Waals surface area contributed by atoms with Crippen molar-refractivity contribution in [2.24, 2.45) is 0 Å². The van der Waals surface area contributed by atoms with Gasteiger partial charge in [-0.1, -0.05) is 42.5 Å². The van der Waals surface area contributed by atoms with Crippen LogP contribution in [0.5, 0.6) is 0 Å². The molecule has 0 aliphatic carbocycles. The van der Waals surface area contributed by atoms with Crippen molar-refractivity contribution in [3.05, 3.63) is 81.7 Å². The van der Waals surface area contributed by atoms with Gasteiger partial charge in [0.15, 0.2) is 4.21 Å². The van der Waals surface area contributed by atoms with Crippen molar-refractivity contribution < 1.29 is 22.7 Å². The van der Waals surface area contributed by atoms with Gasteiger partial charge in [-0.2, -0.15) is 0 Å². The number of hydrogen-bond acceptors (Lipinski definition) is 6. The number of rotatable bonds is 6. The number of anilines is 1. The molecule has 1 atom stereocenters. The third-order valence-corrected chi connectivity index (χ3v) is 9.03. The zero-order valence-electron chi connectivity index (χ0n) is 19.2. The highest BCUT2D eigenvalue weighted by Crippen LogP contribution is 2.38. The minimum absolute atomic E-state index is 0.0350. The van der Waals surface area contributed by atoms with Crippen molar-refractivity contribution in [3.8, 4) is 0 Å². The van der Waals surface area contributed by atoms with Crippen LogP contribution in [0.1, 0.15) is 44.8 Å². The summed E-state index contributed by atoms with van der Waals surface area (Å²) in [5, 5.41) is 0. The Morgan fingerprint density at radius 2 is 1.85 bits per heavy atom. The average molecular weight is 499 g/mol. The van der Waals surface area contributed by atoms with Gasteiger partial charge in [-0.05, 0) is 49.1 Å². The molecule has 7 nitrogen and oxygen atoms in total. The number of nitrogens with one attached hydrogen (secondary N) is 1. The number of methoxy groups -OCH3 is 1. The quantitative estimate of drug-likeness (QED) is 0.511. The smallest absolute Gasteiger partial charge is 0.340 e. The fourth-order valence-electron chi connectivity index (χ4n) is 4.13. The molecule has 3 aromatic rings. The fraction of sp³-hybridized carbons (Fsp3) is 0.280. The van der Waals surface area contributed by atoms with E-state index in [4.69, 9.17) is 4.74 Å². The second-order valence-electron chi connectivity index (χ2n) is 8.27. The number of ether oxygens (including phenoxy) is 1. The standard InChI is InChI=1S/C25H26N2O5S2/c1-16-8-7-11-19(14-16)26-34(30,31)25-22(24(29)32-3)20-12-13-27(15-21(20)33-25)23(28)17(2)18-9-5-4-6-10-18/h4-11,14,17,26H,12-13,15H2,1-3H3. The van der Waals surface area contributed by atoms with E-state index in [1.165, 1.54) is 7.11 Å². The molecule has 1 amide bonds. The highest BCUT2D eigenvalue weighted by atomic mass is 32.2. The summed E-state index contributed by atoms with van der Waals surface area (Å²) in [6.45, 7) is 4.38. The molecule has 9 heteroatoms. The van der Waals surface area contributed by atoms with E-state index in [1.807, 2.05) is 50.2 Å². The third kappa shape index (κ3) is 4.71. The van der Waals surface area contributed by atoms with E-state index in [1.54, 1.807) is 23.1 Å². The number of aryl methyl sites for hydroxylation is 1. The topological polar surface area (TPSA) is 92.8 Å². The molecule has 0 saturated heterocycles. The number of thiophene rings is 1. The number of esters is 1. The number of carbonyl (C=O) groups excluding carboxylic acids is 2. The Morgan fingerprint density at radius 1 is 1.12 bits per heavy atom. The van der Waals surface area contributed by atoms with Crippen LogP contribution in [0, 0.1) is 6.92 Å². The molecule has 1 aromatic heterocycles. The van der Waals surface area contributed by atoms with E-state index in [9.17, 15) is 18.0 Å². The van der Waals surface area contributed by atoms with E-state index in [-0.39, 0.29) is 28.1 Å². The van der Waals surface area contributed by atoms with Crippen LogP contribution in [0.4, 0.5) is 5.69 Å². The molecule has 0 radical (unpaired) electrons. The Balaban J connectivity index is 1.66. The summed E-state index contributed by atoms with van der Waals surface area (Å²) >= 11 is 1.02. The number of nitrogens with zero attached hydrogens (tertiary/aromatic N) is 1. The Bertz CT molecular complexity index is 1330. The van der Waals surface area contributed by atoms with Crippen molar-refractivity contribution >= 4 is 38.9 Å². The second kappa shape index (κ2) is 9.60. The summed E-state index contributed by atoms with van der Waals surface area (Å²) in [4.78, 5) is 28.2. The number of amides is 1. The van der Waals surface area contributed by atoms with Gasteiger partial charge >= 0.3 is 5.97 Å². The van der Waals surface area contributed by atoms with Gasteiger partial charge in [-0.3, -0.25) is 9.52 Å². The monoisotopic (exact) mass is 498 g/mol. The maximum absolute atomic E-state index is 13.3. The first-order valence-electron chi connectivity index (χ1n) is 10.9. The predicted octanol–water partition coefficient (Wildman–Crippen LogP) is 4.33. The summed E-state index contributed by atoms with van der Waals surface area (Å²) < 4.78 is 34.0. The number of sulfonamides is 1. The van der Waals surface area contributed by atoms with Gasteiger partial charge in [-0.25, -0.2) is 13.2 Å². The van der Waals surface area contributed by atoms with Gasteiger partial charge in [0.05, 0.1) is 25.1 Å². The van der Waals surface area contributed by atoms with E-state index < -0.39 is 16.0 Å².